The van der Waals surface area contributed by atoms with Gasteiger partial charge in [-0.3, -0.25) is 4.40 Å². The molecule has 0 aliphatic carbocycles. The van der Waals surface area contributed by atoms with E-state index in [1.807, 2.05) is 35.7 Å². The first kappa shape index (κ1) is 9.95. The molecular formula is C8H11ClN4. The molecule has 0 amide bonds. The van der Waals surface area contributed by atoms with E-state index in [4.69, 9.17) is 5.73 Å². The van der Waals surface area contributed by atoms with E-state index >= 15 is 0 Å². The normalized spacial score (nSPS) is 12.5. The van der Waals surface area contributed by atoms with Gasteiger partial charge in [-0.1, -0.05) is 6.07 Å². The Morgan fingerprint density at radius 3 is 2.85 bits per heavy atom. The van der Waals surface area contributed by atoms with Crippen molar-refractivity contribution in [3.8, 4) is 0 Å². The SMILES string of the molecule is CC(N)c1nnc2ccccn12.Cl. The first-order valence-electron chi connectivity index (χ1n) is 3.84. The number of hydrogen-bond acceptors (Lipinski definition) is 3. The molecule has 1 unspecified atom stereocenters. The van der Waals surface area contributed by atoms with Gasteiger partial charge in [-0.25, -0.2) is 0 Å². The molecule has 2 rings (SSSR count). The Kier molecular flexibility index (Phi) is 2.85. The van der Waals surface area contributed by atoms with Gasteiger partial charge >= 0.3 is 0 Å². The second kappa shape index (κ2) is 3.72. The van der Waals surface area contributed by atoms with Crippen molar-refractivity contribution in [1.29, 1.82) is 0 Å². The molecule has 0 aliphatic heterocycles. The zero-order chi connectivity index (χ0) is 8.55. The van der Waals surface area contributed by atoms with Gasteiger partial charge in [-0.2, -0.15) is 0 Å². The summed E-state index contributed by atoms with van der Waals surface area (Å²) in [6, 6.07) is 5.68. The van der Waals surface area contributed by atoms with Crippen LogP contribution in [0.2, 0.25) is 0 Å². The van der Waals surface area contributed by atoms with Crippen molar-refractivity contribution in [3.05, 3.63) is 30.2 Å². The van der Waals surface area contributed by atoms with E-state index < -0.39 is 0 Å². The molecule has 5 heteroatoms. The molecule has 0 saturated carbocycles. The van der Waals surface area contributed by atoms with Crippen LogP contribution in [0.3, 0.4) is 0 Å². The lowest BCUT2D eigenvalue weighted by molar-refractivity contribution is 0.726. The lowest BCUT2D eigenvalue weighted by Crippen LogP contribution is -2.09. The van der Waals surface area contributed by atoms with E-state index in [9.17, 15) is 0 Å². The molecule has 13 heavy (non-hydrogen) atoms. The van der Waals surface area contributed by atoms with Gasteiger partial charge < -0.3 is 5.73 Å². The van der Waals surface area contributed by atoms with Crippen molar-refractivity contribution in [3.63, 3.8) is 0 Å². The summed E-state index contributed by atoms with van der Waals surface area (Å²) in [4.78, 5) is 0. The van der Waals surface area contributed by atoms with Gasteiger partial charge in [0.05, 0.1) is 6.04 Å². The second-order valence-corrected chi connectivity index (χ2v) is 2.78. The fourth-order valence-corrected chi connectivity index (χ4v) is 1.17. The van der Waals surface area contributed by atoms with E-state index in [2.05, 4.69) is 10.2 Å². The largest absolute Gasteiger partial charge is 0.322 e. The van der Waals surface area contributed by atoms with Gasteiger partial charge in [-0.05, 0) is 19.1 Å². The third-order valence-corrected chi connectivity index (χ3v) is 1.75. The summed E-state index contributed by atoms with van der Waals surface area (Å²) >= 11 is 0. The number of nitrogens with zero attached hydrogens (tertiary/aromatic N) is 3. The molecule has 0 aliphatic rings. The van der Waals surface area contributed by atoms with E-state index in [1.54, 1.807) is 0 Å². The number of aromatic nitrogens is 3. The van der Waals surface area contributed by atoms with Crippen LogP contribution >= 0.6 is 12.4 Å². The first-order chi connectivity index (χ1) is 5.79. The van der Waals surface area contributed by atoms with Crippen molar-refractivity contribution in [2.75, 3.05) is 0 Å². The van der Waals surface area contributed by atoms with Crippen LogP contribution in [0.5, 0.6) is 0 Å². The number of fused-ring (bicyclic) bond motifs is 1. The highest BCUT2D eigenvalue weighted by Crippen LogP contribution is 2.08. The van der Waals surface area contributed by atoms with Crippen molar-refractivity contribution >= 4 is 18.1 Å². The number of hydrogen-bond donors (Lipinski definition) is 1. The topological polar surface area (TPSA) is 56.2 Å². The molecule has 0 saturated heterocycles. The summed E-state index contributed by atoms with van der Waals surface area (Å²) in [6.07, 6.45) is 1.91. The van der Waals surface area contributed by atoms with Gasteiger partial charge in [0.1, 0.15) is 0 Å². The van der Waals surface area contributed by atoms with Crippen LogP contribution in [-0.4, -0.2) is 14.6 Å². The molecule has 1 atom stereocenters. The second-order valence-electron chi connectivity index (χ2n) is 2.78. The minimum absolute atomic E-state index is 0. The van der Waals surface area contributed by atoms with E-state index in [-0.39, 0.29) is 18.4 Å². The van der Waals surface area contributed by atoms with Crippen molar-refractivity contribution in [2.45, 2.75) is 13.0 Å². The smallest absolute Gasteiger partial charge is 0.160 e. The highest BCUT2D eigenvalue weighted by Gasteiger charge is 2.07. The molecule has 2 heterocycles. The summed E-state index contributed by atoms with van der Waals surface area (Å²) in [5.41, 5.74) is 6.54. The maximum absolute atomic E-state index is 5.70. The Balaban J connectivity index is 0.000000845. The standard InChI is InChI=1S/C8H10N4.ClH/c1-6(9)8-11-10-7-4-2-3-5-12(7)8;/h2-6H,9H2,1H3;1H. The van der Waals surface area contributed by atoms with Crippen molar-refractivity contribution < 1.29 is 0 Å². The average Bonchev–Trinajstić information content (AvgIpc) is 2.47. The molecule has 0 radical (unpaired) electrons. The minimum Gasteiger partial charge on any atom is -0.322 e. The quantitative estimate of drug-likeness (QED) is 0.749. The van der Waals surface area contributed by atoms with E-state index in [0.29, 0.717) is 0 Å². The minimum atomic E-state index is -0.0811. The van der Waals surface area contributed by atoms with Crippen LogP contribution in [0.25, 0.3) is 5.65 Å². The molecular weight excluding hydrogens is 188 g/mol. The third kappa shape index (κ3) is 1.64. The first-order valence-corrected chi connectivity index (χ1v) is 3.84. The fourth-order valence-electron chi connectivity index (χ4n) is 1.17. The Bertz CT molecular complexity index is 396. The van der Waals surface area contributed by atoms with Crippen LogP contribution in [0.4, 0.5) is 0 Å². The summed E-state index contributed by atoms with van der Waals surface area (Å²) in [5.74, 6) is 0.797. The lowest BCUT2D eigenvalue weighted by atomic mass is 10.3. The Morgan fingerprint density at radius 2 is 2.15 bits per heavy atom. The summed E-state index contributed by atoms with van der Waals surface area (Å²) in [5, 5.41) is 7.96. The summed E-state index contributed by atoms with van der Waals surface area (Å²) < 4.78 is 1.89. The average molecular weight is 199 g/mol. The molecule has 2 N–H and O–H groups in total. The molecule has 0 spiro atoms. The van der Waals surface area contributed by atoms with Crippen LogP contribution in [0.1, 0.15) is 18.8 Å². The highest BCUT2D eigenvalue weighted by atomic mass is 35.5. The van der Waals surface area contributed by atoms with E-state index in [1.165, 1.54) is 0 Å². The zero-order valence-electron chi connectivity index (χ0n) is 7.21. The highest BCUT2D eigenvalue weighted by molar-refractivity contribution is 5.85. The predicted octanol–water partition coefficient (Wildman–Crippen LogP) is 1.17. The molecule has 2 aromatic heterocycles. The summed E-state index contributed by atoms with van der Waals surface area (Å²) in [6.45, 7) is 1.89. The monoisotopic (exact) mass is 198 g/mol. The molecule has 0 bridgehead atoms. The van der Waals surface area contributed by atoms with E-state index in [0.717, 1.165) is 11.5 Å². The van der Waals surface area contributed by atoms with Crippen LogP contribution in [-0.2, 0) is 0 Å². The maximum atomic E-state index is 5.70. The molecule has 0 aromatic carbocycles. The van der Waals surface area contributed by atoms with Crippen LogP contribution in [0.15, 0.2) is 24.4 Å². The zero-order valence-corrected chi connectivity index (χ0v) is 8.03. The van der Waals surface area contributed by atoms with Gasteiger partial charge in [0.15, 0.2) is 11.5 Å². The Labute approximate surface area is 82.2 Å². The summed E-state index contributed by atoms with van der Waals surface area (Å²) in [7, 11) is 0. The molecule has 2 aromatic rings. The third-order valence-electron chi connectivity index (χ3n) is 1.75. The van der Waals surface area contributed by atoms with Gasteiger partial charge in [-0.15, -0.1) is 22.6 Å². The molecule has 4 nitrogen and oxygen atoms in total. The lowest BCUT2D eigenvalue weighted by Gasteiger charge is -2.00. The van der Waals surface area contributed by atoms with Crippen LogP contribution in [0, 0.1) is 0 Å². The van der Waals surface area contributed by atoms with Gasteiger partial charge in [0.25, 0.3) is 0 Å². The van der Waals surface area contributed by atoms with Crippen LogP contribution < -0.4 is 5.73 Å². The van der Waals surface area contributed by atoms with Crippen molar-refractivity contribution in [2.24, 2.45) is 5.73 Å². The number of rotatable bonds is 1. The number of nitrogens with two attached hydrogens (primary N) is 1. The number of halogens is 1. The predicted molar refractivity (Wildman–Crippen MR) is 52.8 cm³/mol. The molecule has 0 fully saturated rings. The van der Waals surface area contributed by atoms with Crippen molar-refractivity contribution in [1.82, 2.24) is 14.6 Å². The van der Waals surface area contributed by atoms with Gasteiger partial charge in [0, 0.05) is 6.20 Å². The fraction of sp³-hybridized carbons (Fsp3) is 0.250. The maximum Gasteiger partial charge on any atom is 0.160 e. The Morgan fingerprint density at radius 1 is 1.38 bits per heavy atom. The molecule has 70 valence electrons. The van der Waals surface area contributed by atoms with Gasteiger partial charge in [0.2, 0.25) is 0 Å². The Hall–Kier alpha value is -1.13. The number of pyridine rings is 1.